The smallest absolute Gasteiger partial charge is 0.135 e. The van der Waals surface area contributed by atoms with E-state index in [0.717, 1.165) is 53.8 Å². The molecule has 1 heterocycles. The molecule has 0 atom stereocenters. The zero-order valence-electron chi connectivity index (χ0n) is 17.2. The van der Waals surface area contributed by atoms with Crippen LogP contribution in [0.15, 0.2) is 75.7 Å². The van der Waals surface area contributed by atoms with Gasteiger partial charge in [-0.05, 0) is 63.3 Å². The van der Waals surface area contributed by atoms with Crippen molar-refractivity contribution in [2.45, 2.75) is 6.42 Å². The summed E-state index contributed by atoms with van der Waals surface area (Å²) in [5.41, 5.74) is 5.16. The first-order valence-corrected chi connectivity index (χ1v) is 11.9. The highest BCUT2D eigenvalue weighted by Gasteiger charge is 2.18. The number of anilines is 1. The molecule has 3 aromatic carbocycles. The van der Waals surface area contributed by atoms with Crippen LogP contribution in [0, 0.1) is 0 Å². The van der Waals surface area contributed by atoms with E-state index in [0.29, 0.717) is 0 Å². The quantitative estimate of drug-likeness (QED) is 0.375. The lowest BCUT2D eigenvalue weighted by molar-refractivity contribution is 0.261. The molecule has 1 aliphatic rings. The number of rotatable bonds is 6. The van der Waals surface area contributed by atoms with Gasteiger partial charge in [0.1, 0.15) is 5.75 Å². The number of halogens is 2. The van der Waals surface area contributed by atoms with Gasteiger partial charge in [-0.15, -0.1) is 0 Å². The van der Waals surface area contributed by atoms with Gasteiger partial charge < -0.3 is 9.64 Å². The van der Waals surface area contributed by atoms with Crippen LogP contribution in [0.5, 0.6) is 5.75 Å². The third-order valence-corrected chi connectivity index (χ3v) is 6.90. The molecule has 156 valence electrons. The van der Waals surface area contributed by atoms with E-state index >= 15 is 0 Å². The predicted octanol–water partition coefficient (Wildman–Crippen LogP) is 6.25. The van der Waals surface area contributed by atoms with Crippen molar-refractivity contribution in [3.63, 3.8) is 0 Å². The Hall–Kier alpha value is -1.82. The van der Waals surface area contributed by atoms with Gasteiger partial charge in [0.05, 0.1) is 11.6 Å². The SMILES string of the molecule is COc1cc(N2CCN(CCc3ccc(-c4ccc(Br)cc4)cc3)CC2)ccc1Br. The number of hydrogen-bond donors (Lipinski definition) is 0. The molecule has 0 spiro atoms. The van der Waals surface area contributed by atoms with Crippen molar-refractivity contribution in [2.24, 2.45) is 0 Å². The second kappa shape index (κ2) is 9.99. The molecule has 0 aliphatic carbocycles. The fourth-order valence-corrected chi connectivity index (χ4v) is 4.54. The Balaban J connectivity index is 1.28. The molecule has 0 N–H and O–H groups in total. The molecule has 4 rings (SSSR count). The normalized spacial score (nSPS) is 14.7. The lowest BCUT2D eigenvalue weighted by atomic mass is 10.0. The van der Waals surface area contributed by atoms with E-state index in [1.807, 2.05) is 0 Å². The Labute approximate surface area is 195 Å². The van der Waals surface area contributed by atoms with Gasteiger partial charge in [-0.25, -0.2) is 0 Å². The molecular formula is C25H26Br2N2O. The summed E-state index contributed by atoms with van der Waals surface area (Å²) >= 11 is 7.03. The maximum absolute atomic E-state index is 5.44. The van der Waals surface area contributed by atoms with Crippen LogP contribution < -0.4 is 9.64 Å². The molecule has 0 saturated carbocycles. The number of methoxy groups -OCH3 is 1. The lowest BCUT2D eigenvalue weighted by Crippen LogP contribution is -2.47. The zero-order chi connectivity index (χ0) is 20.9. The molecule has 3 aromatic rings. The summed E-state index contributed by atoms with van der Waals surface area (Å²) in [6.07, 6.45) is 1.09. The standard InChI is InChI=1S/C25H26Br2N2O/c1-30-25-18-23(10-11-24(25)27)29-16-14-28(15-17-29)13-12-19-2-4-20(5-3-19)21-6-8-22(26)9-7-21/h2-11,18H,12-17H2,1H3. The topological polar surface area (TPSA) is 15.7 Å². The van der Waals surface area contributed by atoms with Crippen LogP contribution >= 0.6 is 31.9 Å². The number of nitrogens with zero attached hydrogens (tertiary/aromatic N) is 2. The van der Waals surface area contributed by atoms with Gasteiger partial charge in [-0.1, -0.05) is 52.3 Å². The van der Waals surface area contributed by atoms with Gasteiger partial charge in [0.25, 0.3) is 0 Å². The monoisotopic (exact) mass is 528 g/mol. The average molecular weight is 530 g/mol. The Morgan fingerprint density at radius 3 is 2.07 bits per heavy atom. The second-order valence-electron chi connectivity index (χ2n) is 7.60. The van der Waals surface area contributed by atoms with Crippen LogP contribution in [0.25, 0.3) is 11.1 Å². The summed E-state index contributed by atoms with van der Waals surface area (Å²) in [6.45, 7) is 5.39. The first-order chi connectivity index (χ1) is 14.6. The van der Waals surface area contributed by atoms with E-state index in [1.54, 1.807) is 7.11 Å². The number of benzene rings is 3. The highest BCUT2D eigenvalue weighted by Crippen LogP contribution is 2.30. The van der Waals surface area contributed by atoms with Gasteiger partial charge in [0, 0.05) is 49.0 Å². The van der Waals surface area contributed by atoms with E-state index < -0.39 is 0 Å². The number of hydrogen-bond acceptors (Lipinski definition) is 3. The largest absolute Gasteiger partial charge is 0.495 e. The van der Waals surface area contributed by atoms with Gasteiger partial charge in [0.15, 0.2) is 0 Å². The molecule has 0 amide bonds. The maximum atomic E-state index is 5.44. The molecule has 30 heavy (non-hydrogen) atoms. The minimum absolute atomic E-state index is 0.890. The highest BCUT2D eigenvalue weighted by molar-refractivity contribution is 9.10. The summed E-state index contributed by atoms with van der Waals surface area (Å²) in [6, 6.07) is 23.8. The first kappa shape index (κ1) is 21.4. The van der Waals surface area contributed by atoms with Crippen molar-refractivity contribution < 1.29 is 4.74 Å². The zero-order valence-corrected chi connectivity index (χ0v) is 20.3. The lowest BCUT2D eigenvalue weighted by Gasteiger charge is -2.36. The van der Waals surface area contributed by atoms with Crippen LogP contribution in [0.3, 0.4) is 0 Å². The third kappa shape index (κ3) is 5.26. The molecule has 0 aromatic heterocycles. The van der Waals surface area contributed by atoms with Crippen molar-refractivity contribution >= 4 is 37.5 Å². The molecule has 0 radical (unpaired) electrons. The second-order valence-corrected chi connectivity index (χ2v) is 9.37. The van der Waals surface area contributed by atoms with Gasteiger partial charge in [-0.2, -0.15) is 0 Å². The molecule has 1 fully saturated rings. The minimum Gasteiger partial charge on any atom is -0.495 e. The average Bonchev–Trinajstić information content (AvgIpc) is 2.79. The van der Waals surface area contributed by atoms with E-state index in [-0.39, 0.29) is 0 Å². The van der Waals surface area contributed by atoms with E-state index in [9.17, 15) is 0 Å². The van der Waals surface area contributed by atoms with Gasteiger partial charge in [-0.3, -0.25) is 4.90 Å². The van der Waals surface area contributed by atoms with Crippen LogP contribution in [-0.2, 0) is 6.42 Å². The Morgan fingerprint density at radius 2 is 1.43 bits per heavy atom. The number of piperazine rings is 1. The Kier molecular flexibility index (Phi) is 7.13. The van der Waals surface area contributed by atoms with Crippen molar-refractivity contribution in [2.75, 3.05) is 44.7 Å². The Bertz CT molecular complexity index is 965. The molecule has 5 heteroatoms. The fourth-order valence-electron chi connectivity index (χ4n) is 3.87. The van der Waals surface area contributed by atoms with Crippen LogP contribution in [-0.4, -0.2) is 44.7 Å². The highest BCUT2D eigenvalue weighted by atomic mass is 79.9. The summed E-state index contributed by atoms with van der Waals surface area (Å²) in [7, 11) is 1.72. The molecular weight excluding hydrogens is 504 g/mol. The molecule has 0 unspecified atom stereocenters. The summed E-state index contributed by atoms with van der Waals surface area (Å²) in [5, 5.41) is 0. The molecule has 1 aliphatic heterocycles. The van der Waals surface area contributed by atoms with Gasteiger partial charge in [0.2, 0.25) is 0 Å². The van der Waals surface area contributed by atoms with Gasteiger partial charge >= 0.3 is 0 Å². The molecule has 0 bridgehead atoms. The minimum atomic E-state index is 0.890. The predicted molar refractivity (Wildman–Crippen MR) is 133 cm³/mol. The van der Waals surface area contributed by atoms with Crippen molar-refractivity contribution in [1.82, 2.24) is 4.90 Å². The van der Waals surface area contributed by atoms with Crippen molar-refractivity contribution in [1.29, 1.82) is 0 Å². The summed E-state index contributed by atoms with van der Waals surface area (Å²) in [5.74, 6) is 0.890. The fraction of sp³-hybridized carbons (Fsp3) is 0.280. The van der Waals surface area contributed by atoms with E-state index in [2.05, 4.69) is 108 Å². The van der Waals surface area contributed by atoms with Crippen LogP contribution in [0.2, 0.25) is 0 Å². The molecule has 1 saturated heterocycles. The van der Waals surface area contributed by atoms with Crippen molar-refractivity contribution in [3.05, 3.63) is 81.2 Å². The number of ether oxygens (including phenoxy) is 1. The maximum Gasteiger partial charge on any atom is 0.135 e. The summed E-state index contributed by atoms with van der Waals surface area (Å²) in [4.78, 5) is 5.01. The first-order valence-electron chi connectivity index (χ1n) is 10.3. The van der Waals surface area contributed by atoms with Crippen LogP contribution in [0.4, 0.5) is 5.69 Å². The Morgan fingerprint density at radius 1 is 0.800 bits per heavy atom. The summed E-state index contributed by atoms with van der Waals surface area (Å²) < 4.78 is 7.55. The van der Waals surface area contributed by atoms with E-state index in [4.69, 9.17) is 4.74 Å². The third-order valence-electron chi connectivity index (χ3n) is 5.72. The van der Waals surface area contributed by atoms with E-state index in [1.165, 1.54) is 22.4 Å². The van der Waals surface area contributed by atoms with Crippen LogP contribution in [0.1, 0.15) is 5.56 Å². The molecule has 3 nitrogen and oxygen atoms in total. The van der Waals surface area contributed by atoms with Crippen molar-refractivity contribution in [3.8, 4) is 16.9 Å².